The number of carbonyl (C=O) groups is 2. The molecular weight excluding hydrogens is 434 g/mol. The second-order valence-electron chi connectivity index (χ2n) is 10.4. The van der Waals surface area contributed by atoms with Crippen LogP contribution in [-0.4, -0.2) is 17.8 Å². The molecule has 0 aromatic heterocycles. The molecule has 1 N–H and O–H groups in total. The maximum Gasteiger partial charge on any atom is 0.265 e. The number of ketones is 1. The zero-order valence-electron chi connectivity index (χ0n) is 21.2. The van der Waals surface area contributed by atoms with E-state index in [9.17, 15) is 9.59 Å². The van der Waals surface area contributed by atoms with Crippen molar-refractivity contribution in [1.82, 2.24) is 0 Å². The largest absolute Gasteiger partial charge is 0.481 e. The van der Waals surface area contributed by atoms with Crippen LogP contribution in [0.25, 0.3) is 0 Å². The van der Waals surface area contributed by atoms with Crippen molar-refractivity contribution in [2.45, 2.75) is 71.3 Å². The van der Waals surface area contributed by atoms with Crippen LogP contribution in [0.1, 0.15) is 79.6 Å². The van der Waals surface area contributed by atoms with E-state index in [2.05, 4.69) is 38.2 Å². The van der Waals surface area contributed by atoms with E-state index in [-0.39, 0.29) is 17.1 Å². The average molecular weight is 470 g/mol. The van der Waals surface area contributed by atoms with Gasteiger partial charge in [0, 0.05) is 16.8 Å². The van der Waals surface area contributed by atoms with E-state index in [1.165, 1.54) is 29.5 Å². The lowest BCUT2D eigenvalue weighted by molar-refractivity contribution is -0.122. The molecule has 0 unspecified atom stereocenters. The zero-order chi connectivity index (χ0) is 25.0. The number of anilines is 1. The molecular formula is C31H35NO3. The summed E-state index contributed by atoms with van der Waals surface area (Å²) >= 11 is 0. The first-order valence-electron chi connectivity index (χ1n) is 12.6. The van der Waals surface area contributed by atoms with Crippen LogP contribution in [-0.2, 0) is 23.1 Å². The molecule has 0 saturated carbocycles. The number of carbonyl (C=O) groups excluding carboxylic acids is 2. The second-order valence-corrected chi connectivity index (χ2v) is 10.4. The Morgan fingerprint density at radius 1 is 0.886 bits per heavy atom. The molecule has 3 aromatic carbocycles. The highest BCUT2D eigenvalue weighted by atomic mass is 16.5. The smallest absolute Gasteiger partial charge is 0.265 e. The Morgan fingerprint density at radius 2 is 1.60 bits per heavy atom. The average Bonchev–Trinajstić information content (AvgIpc) is 2.86. The molecule has 35 heavy (non-hydrogen) atoms. The molecule has 0 fully saturated rings. The standard InChI is InChI=1S/C31H35NO3/c1-5-28(35-27-18-15-21-9-6-7-10-23(21)20-27)30(34)32-26-12-8-11-24(19-26)29(33)22-13-16-25(17-14-22)31(2,3)4/h8,11-20,28H,5-7,9-10H2,1-4H3,(H,32,34)/t28-/m0/s1. The summed E-state index contributed by atoms with van der Waals surface area (Å²) in [6.07, 6.45) is 4.54. The van der Waals surface area contributed by atoms with E-state index in [4.69, 9.17) is 4.74 Å². The Labute approximate surface area is 208 Å². The zero-order valence-corrected chi connectivity index (χ0v) is 21.2. The highest BCUT2D eigenvalue weighted by molar-refractivity contribution is 6.09. The number of nitrogens with one attached hydrogen (secondary N) is 1. The van der Waals surface area contributed by atoms with Crippen molar-refractivity contribution in [2.24, 2.45) is 0 Å². The van der Waals surface area contributed by atoms with E-state index in [1.807, 2.05) is 37.3 Å². The van der Waals surface area contributed by atoms with Crippen LogP contribution in [0.3, 0.4) is 0 Å². The predicted octanol–water partition coefficient (Wildman–Crippen LogP) is 6.89. The molecule has 0 heterocycles. The van der Waals surface area contributed by atoms with Crippen LogP contribution in [0.4, 0.5) is 5.69 Å². The molecule has 0 spiro atoms. The number of ether oxygens (including phenoxy) is 1. The van der Waals surface area contributed by atoms with E-state index >= 15 is 0 Å². The fourth-order valence-corrected chi connectivity index (χ4v) is 4.52. The van der Waals surface area contributed by atoms with Gasteiger partial charge in [0.25, 0.3) is 5.91 Å². The number of benzene rings is 3. The van der Waals surface area contributed by atoms with Crippen molar-refractivity contribution in [1.29, 1.82) is 0 Å². The molecule has 1 aliphatic rings. The molecule has 4 heteroatoms. The van der Waals surface area contributed by atoms with Gasteiger partial charge in [-0.2, -0.15) is 0 Å². The minimum absolute atomic E-state index is 0.0305. The third-order valence-electron chi connectivity index (χ3n) is 6.67. The lowest BCUT2D eigenvalue weighted by Crippen LogP contribution is -2.32. The summed E-state index contributed by atoms with van der Waals surface area (Å²) in [6, 6.07) is 21.0. The summed E-state index contributed by atoms with van der Waals surface area (Å²) in [6.45, 7) is 8.38. The van der Waals surface area contributed by atoms with Crippen LogP contribution in [0.2, 0.25) is 0 Å². The van der Waals surface area contributed by atoms with Gasteiger partial charge in [-0.05, 0) is 78.5 Å². The van der Waals surface area contributed by atoms with E-state index in [1.54, 1.807) is 24.3 Å². The van der Waals surface area contributed by atoms with Gasteiger partial charge in [-0.15, -0.1) is 0 Å². The lowest BCUT2D eigenvalue weighted by atomic mass is 9.86. The van der Waals surface area contributed by atoms with E-state index < -0.39 is 6.10 Å². The monoisotopic (exact) mass is 469 g/mol. The van der Waals surface area contributed by atoms with Gasteiger partial charge in [0.15, 0.2) is 11.9 Å². The molecule has 182 valence electrons. The highest BCUT2D eigenvalue weighted by Crippen LogP contribution is 2.27. The Bertz CT molecular complexity index is 1200. The first-order chi connectivity index (χ1) is 16.7. The van der Waals surface area contributed by atoms with Crippen LogP contribution >= 0.6 is 0 Å². The molecule has 3 aromatic rings. The normalized spacial score (nSPS) is 14.1. The Balaban J connectivity index is 1.44. The molecule has 4 rings (SSSR count). The van der Waals surface area contributed by atoms with Crippen molar-refractivity contribution in [3.05, 3.63) is 94.5 Å². The maximum atomic E-state index is 13.1. The minimum atomic E-state index is -0.610. The lowest BCUT2D eigenvalue weighted by Gasteiger charge is -2.20. The number of rotatable bonds is 7. The van der Waals surface area contributed by atoms with Crippen molar-refractivity contribution >= 4 is 17.4 Å². The summed E-state index contributed by atoms with van der Waals surface area (Å²) in [4.78, 5) is 26.1. The first-order valence-corrected chi connectivity index (χ1v) is 12.6. The first kappa shape index (κ1) is 24.7. The third-order valence-corrected chi connectivity index (χ3v) is 6.67. The molecule has 1 aliphatic carbocycles. The van der Waals surface area contributed by atoms with Crippen molar-refractivity contribution in [3.63, 3.8) is 0 Å². The van der Waals surface area contributed by atoms with Gasteiger partial charge < -0.3 is 10.1 Å². The fraction of sp³-hybridized carbons (Fsp3) is 0.355. The van der Waals surface area contributed by atoms with Gasteiger partial charge in [-0.1, -0.05) is 70.2 Å². The topological polar surface area (TPSA) is 55.4 Å². The van der Waals surface area contributed by atoms with Crippen molar-refractivity contribution in [2.75, 3.05) is 5.32 Å². The number of hydrogen-bond donors (Lipinski definition) is 1. The third kappa shape index (κ3) is 6.00. The summed E-state index contributed by atoms with van der Waals surface area (Å²) in [7, 11) is 0. The summed E-state index contributed by atoms with van der Waals surface area (Å²) in [5, 5.41) is 2.94. The van der Waals surface area contributed by atoms with E-state index in [0.29, 0.717) is 23.2 Å². The number of aryl methyl sites for hydroxylation is 2. The van der Waals surface area contributed by atoms with Gasteiger partial charge in [0.05, 0.1) is 0 Å². The Hall–Kier alpha value is -3.40. The van der Waals surface area contributed by atoms with Crippen LogP contribution in [0, 0.1) is 0 Å². The van der Waals surface area contributed by atoms with Gasteiger partial charge in [0.2, 0.25) is 0 Å². The highest BCUT2D eigenvalue weighted by Gasteiger charge is 2.21. The molecule has 0 aliphatic heterocycles. The van der Waals surface area contributed by atoms with Crippen LogP contribution < -0.4 is 10.1 Å². The molecule has 0 bridgehead atoms. The van der Waals surface area contributed by atoms with Crippen molar-refractivity contribution < 1.29 is 14.3 Å². The molecule has 1 atom stereocenters. The number of amides is 1. The fourth-order valence-electron chi connectivity index (χ4n) is 4.52. The quantitative estimate of drug-likeness (QED) is 0.383. The predicted molar refractivity (Wildman–Crippen MR) is 141 cm³/mol. The molecule has 0 saturated heterocycles. The summed E-state index contributed by atoms with van der Waals surface area (Å²) in [5.41, 5.74) is 5.67. The van der Waals surface area contributed by atoms with Gasteiger partial charge in [0.1, 0.15) is 5.75 Å². The van der Waals surface area contributed by atoms with Crippen LogP contribution in [0.5, 0.6) is 5.75 Å². The van der Waals surface area contributed by atoms with Gasteiger partial charge in [-0.25, -0.2) is 0 Å². The van der Waals surface area contributed by atoms with E-state index in [0.717, 1.165) is 18.6 Å². The Morgan fingerprint density at radius 3 is 2.29 bits per heavy atom. The molecule has 4 nitrogen and oxygen atoms in total. The minimum Gasteiger partial charge on any atom is -0.481 e. The molecule has 1 amide bonds. The van der Waals surface area contributed by atoms with Gasteiger partial charge in [-0.3, -0.25) is 9.59 Å². The maximum absolute atomic E-state index is 13.1. The Kier molecular flexibility index (Phi) is 7.39. The SMILES string of the molecule is CC[C@H](Oc1ccc2c(c1)CCCC2)C(=O)Nc1cccc(C(=O)c2ccc(C(C)(C)C)cc2)c1. The van der Waals surface area contributed by atoms with Crippen LogP contribution in [0.15, 0.2) is 66.7 Å². The summed E-state index contributed by atoms with van der Waals surface area (Å²) in [5.74, 6) is 0.443. The number of hydrogen-bond acceptors (Lipinski definition) is 3. The number of fused-ring (bicyclic) bond motifs is 1. The van der Waals surface area contributed by atoms with Crippen molar-refractivity contribution in [3.8, 4) is 5.75 Å². The second kappa shape index (κ2) is 10.5. The van der Waals surface area contributed by atoms with Gasteiger partial charge >= 0.3 is 0 Å². The molecule has 0 radical (unpaired) electrons. The summed E-state index contributed by atoms with van der Waals surface area (Å²) < 4.78 is 6.07.